The van der Waals surface area contributed by atoms with E-state index in [0.29, 0.717) is 17.5 Å². The van der Waals surface area contributed by atoms with Crippen LogP contribution in [0.4, 0.5) is 0 Å². The zero-order chi connectivity index (χ0) is 23.0. The number of phenols is 3. The first kappa shape index (κ1) is 21.7. The topological polar surface area (TPSA) is 121 Å². The number of hydrogen-bond donors (Lipinski definition) is 3. The molecule has 0 saturated heterocycles. The van der Waals surface area contributed by atoms with Crippen LogP contribution in [-0.4, -0.2) is 35.8 Å². The summed E-state index contributed by atoms with van der Waals surface area (Å²) in [6, 6.07) is 14.3. The van der Waals surface area contributed by atoms with Gasteiger partial charge >= 0.3 is 10.1 Å². The summed E-state index contributed by atoms with van der Waals surface area (Å²) >= 11 is 0. The van der Waals surface area contributed by atoms with E-state index in [0.717, 1.165) is 17.4 Å². The van der Waals surface area contributed by atoms with Gasteiger partial charge in [-0.3, -0.25) is 4.79 Å². The molecule has 1 atom stereocenters. The van der Waals surface area contributed by atoms with E-state index >= 15 is 0 Å². The summed E-state index contributed by atoms with van der Waals surface area (Å²) in [6.45, 7) is 0. The second-order valence-corrected chi connectivity index (χ2v) is 9.55. The molecule has 0 spiro atoms. The van der Waals surface area contributed by atoms with Gasteiger partial charge in [-0.15, -0.1) is 0 Å². The van der Waals surface area contributed by atoms with Gasteiger partial charge in [0.2, 0.25) is 0 Å². The third-order valence-corrected chi connectivity index (χ3v) is 6.08. The summed E-state index contributed by atoms with van der Waals surface area (Å²) in [6.07, 6.45) is 1.90. The van der Waals surface area contributed by atoms with Gasteiger partial charge in [0.25, 0.3) is 0 Å². The lowest BCUT2D eigenvalue weighted by atomic mass is 9.76. The van der Waals surface area contributed by atoms with Crippen molar-refractivity contribution in [2.24, 2.45) is 0 Å². The maximum atomic E-state index is 12.9. The van der Waals surface area contributed by atoms with Crippen LogP contribution < -0.4 is 4.18 Å². The Kier molecular flexibility index (Phi) is 5.56. The molecule has 1 aliphatic carbocycles. The number of phenolic OH excluding ortho intramolecular Hbond substituents is 3. The monoisotopic (exact) mass is 454 g/mol. The van der Waals surface area contributed by atoms with Crippen LogP contribution in [0.3, 0.4) is 0 Å². The van der Waals surface area contributed by atoms with Gasteiger partial charge < -0.3 is 19.5 Å². The van der Waals surface area contributed by atoms with Crippen molar-refractivity contribution in [3.63, 3.8) is 0 Å². The number of rotatable bonds is 5. The molecule has 166 valence electrons. The van der Waals surface area contributed by atoms with Crippen molar-refractivity contribution in [1.29, 1.82) is 0 Å². The summed E-state index contributed by atoms with van der Waals surface area (Å²) < 4.78 is 27.4. The molecule has 0 radical (unpaired) electrons. The van der Waals surface area contributed by atoms with Crippen LogP contribution in [0.2, 0.25) is 0 Å². The number of ketones is 1. The molecule has 0 aliphatic heterocycles. The van der Waals surface area contributed by atoms with Gasteiger partial charge in [-0.2, -0.15) is 8.42 Å². The third kappa shape index (κ3) is 4.55. The van der Waals surface area contributed by atoms with Crippen LogP contribution in [0.15, 0.2) is 54.6 Å². The first-order valence-corrected chi connectivity index (χ1v) is 11.8. The average Bonchev–Trinajstić information content (AvgIpc) is 2.71. The number of Topliss-reactive ketones (excluding diaryl/α,β-unsaturated/α-hetero) is 1. The first-order chi connectivity index (χ1) is 15.1. The zero-order valence-electron chi connectivity index (χ0n) is 17.3. The molecule has 0 fully saturated rings. The molecule has 32 heavy (non-hydrogen) atoms. The van der Waals surface area contributed by atoms with E-state index in [4.69, 9.17) is 4.18 Å². The molecular formula is C24H22O7S. The average molecular weight is 455 g/mol. The molecule has 7 nitrogen and oxygen atoms in total. The second-order valence-electron chi connectivity index (χ2n) is 7.97. The predicted molar refractivity (Wildman–Crippen MR) is 118 cm³/mol. The van der Waals surface area contributed by atoms with Crippen molar-refractivity contribution in [2.45, 2.75) is 25.2 Å². The number of carbonyl (C=O) groups is 1. The number of benzene rings is 3. The Labute approximate surface area is 185 Å². The van der Waals surface area contributed by atoms with Gasteiger partial charge in [-0.25, -0.2) is 0 Å². The minimum Gasteiger partial charge on any atom is -0.508 e. The van der Waals surface area contributed by atoms with Crippen molar-refractivity contribution in [3.05, 3.63) is 82.4 Å². The van der Waals surface area contributed by atoms with Gasteiger partial charge in [0.1, 0.15) is 23.0 Å². The minimum atomic E-state index is -3.63. The molecule has 3 aromatic rings. The largest absolute Gasteiger partial charge is 0.508 e. The van der Waals surface area contributed by atoms with Crippen molar-refractivity contribution in [1.82, 2.24) is 0 Å². The Morgan fingerprint density at radius 3 is 2.22 bits per heavy atom. The van der Waals surface area contributed by atoms with Crippen LogP contribution >= 0.6 is 0 Å². The molecule has 8 heteroatoms. The molecule has 0 saturated carbocycles. The lowest BCUT2D eigenvalue weighted by molar-refractivity contribution is 0.0961. The Morgan fingerprint density at radius 2 is 1.59 bits per heavy atom. The highest BCUT2D eigenvalue weighted by Crippen LogP contribution is 2.42. The molecule has 0 bridgehead atoms. The van der Waals surface area contributed by atoms with E-state index in [-0.39, 0.29) is 53.1 Å². The first-order valence-electron chi connectivity index (χ1n) is 9.98. The van der Waals surface area contributed by atoms with E-state index < -0.39 is 10.1 Å². The molecule has 4 rings (SSSR count). The summed E-state index contributed by atoms with van der Waals surface area (Å²) in [5.74, 6) is -0.406. The summed E-state index contributed by atoms with van der Waals surface area (Å²) in [7, 11) is -3.63. The smallest absolute Gasteiger partial charge is 0.306 e. The summed E-state index contributed by atoms with van der Waals surface area (Å²) in [5.41, 5.74) is 3.01. The van der Waals surface area contributed by atoms with E-state index in [1.54, 1.807) is 36.4 Å². The fourth-order valence-corrected chi connectivity index (χ4v) is 4.61. The highest BCUT2D eigenvalue weighted by Gasteiger charge is 2.32. The van der Waals surface area contributed by atoms with Gasteiger partial charge in [-0.1, -0.05) is 24.3 Å². The second kappa shape index (κ2) is 8.20. The van der Waals surface area contributed by atoms with Gasteiger partial charge in [-0.05, 0) is 53.3 Å². The molecule has 0 heterocycles. The van der Waals surface area contributed by atoms with Crippen molar-refractivity contribution >= 4 is 15.9 Å². The fraction of sp³-hybridized carbons (Fsp3) is 0.208. The van der Waals surface area contributed by atoms with Crippen molar-refractivity contribution < 1.29 is 32.7 Å². The molecule has 1 unspecified atom stereocenters. The molecule has 3 aromatic carbocycles. The Hall–Kier alpha value is -3.52. The van der Waals surface area contributed by atoms with E-state index in [1.807, 2.05) is 0 Å². The lowest BCUT2D eigenvalue weighted by Gasteiger charge is -2.27. The Morgan fingerprint density at radius 1 is 0.938 bits per heavy atom. The van der Waals surface area contributed by atoms with Crippen LogP contribution in [-0.2, 0) is 23.0 Å². The Bertz CT molecular complexity index is 1280. The maximum absolute atomic E-state index is 12.9. The summed E-state index contributed by atoms with van der Waals surface area (Å²) in [4.78, 5) is 12.9. The van der Waals surface area contributed by atoms with E-state index in [9.17, 15) is 28.5 Å². The fourth-order valence-electron chi connectivity index (χ4n) is 4.15. The SMILES string of the molecule is CS(=O)(=O)Oc1ccc(Cc2c(O)cc(O)c3c2CC(c2ccc(O)cc2)CC3=O)cc1. The van der Waals surface area contributed by atoms with Gasteiger partial charge in [0.15, 0.2) is 5.78 Å². The highest BCUT2D eigenvalue weighted by molar-refractivity contribution is 7.86. The maximum Gasteiger partial charge on any atom is 0.306 e. The molecule has 1 aliphatic rings. The number of hydrogen-bond acceptors (Lipinski definition) is 7. The van der Waals surface area contributed by atoms with Crippen LogP contribution in [0.1, 0.15) is 45.0 Å². The number of carbonyl (C=O) groups excluding carboxylic acids is 1. The zero-order valence-corrected chi connectivity index (χ0v) is 18.1. The molecule has 0 aromatic heterocycles. The summed E-state index contributed by atoms with van der Waals surface area (Å²) in [5, 5.41) is 30.5. The van der Waals surface area contributed by atoms with Gasteiger partial charge in [0.05, 0.1) is 11.8 Å². The van der Waals surface area contributed by atoms with Crippen LogP contribution in [0.25, 0.3) is 0 Å². The molecule has 0 amide bonds. The quantitative estimate of drug-likeness (QED) is 0.503. The van der Waals surface area contributed by atoms with Crippen molar-refractivity contribution in [2.75, 3.05) is 6.26 Å². The van der Waals surface area contributed by atoms with Crippen LogP contribution in [0, 0.1) is 0 Å². The molecular weight excluding hydrogens is 432 g/mol. The predicted octanol–water partition coefficient (Wildman–Crippen LogP) is 3.65. The number of aromatic hydroxyl groups is 3. The van der Waals surface area contributed by atoms with E-state index in [1.165, 1.54) is 18.2 Å². The number of fused-ring (bicyclic) bond motifs is 1. The highest BCUT2D eigenvalue weighted by atomic mass is 32.2. The van der Waals surface area contributed by atoms with Crippen molar-refractivity contribution in [3.8, 4) is 23.0 Å². The standard InChI is InChI=1S/C24H22O7S/c1-32(29,30)31-18-8-2-14(3-9-18)10-19-20-11-16(15-4-6-17(25)7-5-15)12-22(27)24(20)23(28)13-21(19)26/h2-9,13,16,25-26,28H,10-12H2,1H3. The molecule has 3 N–H and O–H groups in total. The normalized spacial score (nSPS) is 15.9. The van der Waals surface area contributed by atoms with Crippen LogP contribution in [0.5, 0.6) is 23.0 Å². The lowest BCUT2D eigenvalue weighted by Crippen LogP contribution is -2.21. The minimum absolute atomic E-state index is 0.114. The van der Waals surface area contributed by atoms with E-state index in [2.05, 4.69) is 0 Å². The van der Waals surface area contributed by atoms with Gasteiger partial charge in [0, 0.05) is 24.5 Å². The Balaban J connectivity index is 1.69. The third-order valence-electron chi connectivity index (χ3n) is 5.58.